The molecule has 1 aromatic heterocycles. The molecule has 1 N–H and O–H groups in total. The lowest BCUT2D eigenvalue weighted by Gasteiger charge is -2.35. The quantitative estimate of drug-likeness (QED) is 0.240. The van der Waals surface area contributed by atoms with Crippen molar-refractivity contribution in [2.24, 2.45) is 0 Å². The molecule has 0 saturated carbocycles. The van der Waals surface area contributed by atoms with E-state index < -0.39 is 11.7 Å². The number of anilines is 2. The van der Waals surface area contributed by atoms with E-state index in [9.17, 15) is 23.2 Å². The van der Waals surface area contributed by atoms with E-state index in [0.29, 0.717) is 54.4 Å². The second-order valence-electron chi connectivity index (χ2n) is 9.59. The number of oxazole rings is 1. The molecule has 1 aliphatic rings. The van der Waals surface area contributed by atoms with Crippen molar-refractivity contribution < 1.29 is 22.4 Å². The number of hydrogen-bond donors (Lipinski definition) is 1. The minimum absolute atomic E-state index is 0.0190. The van der Waals surface area contributed by atoms with Crippen LogP contribution in [0.5, 0.6) is 0 Å². The third-order valence-electron chi connectivity index (χ3n) is 6.79. The number of carbonyl (C=O) groups excluding carboxylic acids is 1. The lowest BCUT2D eigenvalue weighted by Crippen LogP contribution is -2.48. The Hall–Kier alpha value is -3.82. The second kappa shape index (κ2) is 11.4. The van der Waals surface area contributed by atoms with E-state index >= 15 is 0 Å². The van der Waals surface area contributed by atoms with Crippen LogP contribution < -0.4 is 10.2 Å². The highest BCUT2D eigenvalue weighted by molar-refractivity contribution is 9.09. The maximum absolute atomic E-state index is 12.8. The second-order valence-corrected chi connectivity index (χ2v) is 11.0. The highest BCUT2D eigenvalue weighted by Crippen LogP contribution is 2.33. The van der Waals surface area contributed by atoms with Crippen LogP contribution in [0.1, 0.15) is 21.4 Å². The number of alkyl halides is 4. The molecule has 204 valence electrons. The van der Waals surface area contributed by atoms with E-state index in [1.807, 2.05) is 29.8 Å². The topological polar surface area (TPSA) is 85.4 Å². The van der Waals surface area contributed by atoms with Crippen LogP contribution in [-0.2, 0) is 11.0 Å². The van der Waals surface area contributed by atoms with Crippen molar-refractivity contribution in [3.63, 3.8) is 0 Å². The van der Waals surface area contributed by atoms with Crippen molar-refractivity contribution >= 4 is 52.2 Å². The lowest BCUT2D eigenvalue weighted by atomic mass is 9.94. The first-order valence-electron chi connectivity index (χ1n) is 12.6. The van der Waals surface area contributed by atoms with Crippen LogP contribution >= 0.6 is 15.9 Å². The largest absolute Gasteiger partial charge is 0.436 e. The summed E-state index contributed by atoms with van der Waals surface area (Å²) in [5.41, 5.74) is 4.01. The van der Waals surface area contributed by atoms with E-state index in [1.54, 1.807) is 24.3 Å². The summed E-state index contributed by atoms with van der Waals surface area (Å²) in [6.45, 7) is 2.68. The number of fused-ring (bicyclic) bond motifs is 1. The molecule has 0 radical (unpaired) electrons. The smallest absolute Gasteiger partial charge is 0.416 e. The van der Waals surface area contributed by atoms with Gasteiger partial charge in [-0.15, -0.1) is 0 Å². The molecule has 3 aromatic carbocycles. The minimum atomic E-state index is -4.35. The molecule has 1 atom stereocenters. The Morgan fingerprint density at radius 1 is 1.10 bits per heavy atom. The van der Waals surface area contributed by atoms with Crippen molar-refractivity contribution in [1.82, 2.24) is 9.88 Å². The van der Waals surface area contributed by atoms with Gasteiger partial charge in [-0.05, 0) is 60.7 Å². The third-order valence-corrected chi connectivity index (χ3v) is 7.28. The Morgan fingerprint density at radius 2 is 1.77 bits per heavy atom. The van der Waals surface area contributed by atoms with E-state index in [2.05, 4.69) is 32.3 Å². The number of nitrogens with one attached hydrogen (secondary N) is 1. The Bertz CT molecular complexity index is 1560. The zero-order chi connectivity index (χ0) is 28.4. The van der Waals surface area contributed by atoms with Crippen LogP contribution in [0.4, 0.5) is 24.5 Å². The van der Waals surface area contributed by atoms with Crippen LogP contribution in [0, 0.1) is 11.3 Å². The van der Waals surface area contributed by atoms with Crippen LogP contribution in [0.3, 0.4) is 0 Å². The van der Waals surface area contributed by atoms with E-state index in [0.717, 1.165) is 28.9 Å². The van der Waals surface area contributed by atoms with Crippen molar-refractivity contribution in [2.45, 2.75) is 10.9 Å². The normalized spacial score (nSPS) is 15.1. The molecule has 1 amide bonds. The monoisotopic (exact) mass is 609 g/mol. The van der Waals surface area contributed by atoms with E-state index in [1.165, 1.54) is 12.1 Å². The molecule has 12 heteroatoms. The molecule has 1 aliphatic heterocycles. The average molecular weight is 610 g/mol. The zero-order valence-corrected chi connectivity index (χ0v) is 23.1. The molecular formula is C28H24BBrF3N5O2. The number of piperazine rings is 1. The number of nitrogens with zero attached hydrogens (tertiary/aromatic N) is 4. The fourth-order valence-corrected chi connectivity index (χ4v) is 5.01. The van der Waals surface area contributed by atoms with Gasteiger partial charge in [0.1, 0.15) is 13.4 Å². The molecule has 1 saturated heterocycles. The maximum Gasteiger partial charge on any atom is 0.416 e. The maximum atomic E-state index is 12.8. The first kappa shape index (κ1) is 27.7. The van der Waals surface area contributed by atoms with Crippen molar-refractivity contribution in [2.75, 3.05) is 42.9 Å². The molecule has 1 unspecified atom stereocenters. The number of amides is 1. The van der Waals surface area contributed by atoms with E-state index in [-0.39, 0.29) is 17.2 Å². The molecule has 4 aromatic rings. The van der Waals surface area contributed by atoms with Crippen LogP contribution in [-0.4, -0.2) is 56.4 Å². The van der Waals surface area contributed by atoms with Crippen LogP contribution in [0.15, 0.2) is 65.1 Å². The van der Waals surface area contributed by atoms with Gasteiger partial charge in [0.05, 0.1) is 23.7 Å². The average Bonchev–Trinajstić information content (AvgIpc) is 3.37. The van der Waals surface area contributed by atoms with Crippen LogP contribution in [0.25, 0.3) is 22.6 Å². The van der Waals surface area contributed by atoms with Gasteiger partial charge in [-0.2, -0.15) is 18.4 Å². The fraction of sp³-hybridized carbons (Fsp3) is 0.250. The Labute approximate surface area is 238 Å². The van der Waals surface area contributed by atoms with E-state index in [4.69, 9.17) is 4.42 Å². The number of nitriles is 1. The summed E-state index contributed by atoms with van der Waals surface area (Å²) in [5, 5.41) is 12.2. The van der Waals surface area contributed by atoms with Gasteiger partial charge in [0, 0.05) is 53.4 Å². The molecule has 2 heterocycles. The fourth-order valence-electron chi connectivity index (χ4n) is 4.67. The summed E-state index contributed by atoms with van der Waals surface area (Å²) in [6.07, 6.45) is -4.35. The Morgan fingerprint density at radius 3 is 2.38 bits per heavy atom. The molecule has 40 heavy (non-hydrogen) atoms. The van der Waals surface area contributed by atoms with Crippen molar-refractivity contribution in [3.8, 4) is 17.5 Å². The molecule has 0 bridgehead atoms. The predicted octanol–water partition coefficient (Wildman–Crippen LogP) is 5.17. The zero-order valence-electron chi connectivity index (χ0n) is 21.5. The van der Waals surface area contributed by atoms with Gasteiger partial charge in [0.15, 0.2) is 5.58 Å². The van der Waals surface area contributed by atoms with Crippen LogP contribution in [0.2, 0.25) is 0 Å². The molecule has 0 aliphatic carbocycles. The van der Waals surface area contributed by atoms with Gasteiger partial charge < -0.3 is 14.6 Å². The van der Waals surface area contributed by atoms with Gasteiger partial charge in [-0.25, -0.2) is 4.98 Å². The summed E-state index contributed by atoms with van der Waals surface area (Å²) >= 11 is 3.54. The van der Waals surface area contributed by atoms with Gasteiger partial charge in [0.2, 0.25) is 11.8 Å². The molecular weight excluding hydrogens is 586 g/mol. The Balaban J connectivity index is 1.16. The summed E-state index contributed by atoms with van der Waals surface area (Å²) in [6, 6.07) is 18.0. The molecule has 1 fully saturated rings. The standard InChI is InChI=1S/C28H24BBrF3N5O2/c29-26(30)22-13-17(15-34)14-23-25(22)40-27(36-23)18-1-5-20(6-2-18)35-24(39)16-37-9-11-38(12-10-37)21-7-3-19(4-8-21)28(31,32)33/h1-8,13-14,26H,9-12,16,29H2,(H,35,39). The molecule has 5 rings (SSSR count). The number of halogens is 4. The Kier molecular flexibility index (Phi) is 7.87. The molecule has 0 spiro atoms. The number of carbonyl (C=O) groups is 1. The summed E-state index contributed by atoms with van der Waals surface area (Å²) in [7, 11) is 1.95. The highest BCUT2D eigenvalue weighted by atomic mass is 79.9. The van der Waals surface area contributed by atoms with Crippen molar-refractivity contribution in [1.29, 1.82) is 5.26 Å². The third kappa shape index (κ3) is 6.16. The van der Waals surface area contributed by atoms with Gasteiger partial charge in [-0.3, -0.25) is 9.69 Å². The summed E-state index contributed by atoms with van der Waals surface area (Å²) in [5.74, 6) is 0.265. The van der Waals surface area contributed by atoms with Gasteiger partial charge in [-0.1, -0.05) is 15.9 Å². The first-order valence-corrected chi connectivity index (χ1v) is 13.6. The SMILES string of the molecule is BC(Br)c1cc(C#N)cc2nc(-c3ccc(NC(=O)CN4CCN(c5ccc(C(F)(F)F)cc5)CC4)cc3)oc12. The summed E-state index contributed by atoms with van der Waals surface area (Å²) in [4.78, 5) is 21.3. The summed E-state index contributed by atoms with van der Waals surface area (Å²) < 4.78 is 44.5. The minimum Gasteiger partial charge on any atom is -0.436 e. The van der Waals surface area contributed by atoms with Gasteiger partial charge in [0.25, 0.3) is 0 Å². The number of hydrogen-bond acceptors (Lipinski definition) is 6. The number of aromatic nitrogens is 1. The predicted molar refractivity (Wildman–Crippen MR) is 153 cm³/mol. The number of benzene rings is 3. The number of rotatable bonds is 6. The van der Waals surface area contributed by atoms with Crippen molar-refractivity contribution in [3.05, 3.63) is 77.4 Å². The molecule has 7 nitrogen and oxygen atoms in total. The lowest BCUT2D eigenvalue weighted by molar-refractivity contribution is -0.137. The first-order chi connectivity index (χ1) is 19.1. The van der Waals surface area contributed by atoms with Gasteiger partial charge >= 0.3 is 6.18 Å². The highest BCUT2D eigenvalue weighted by Gasteiger charge is 2.30.